The second-order valence-corrected chi connectivity index (χ2v) is 8.87. The van der Waals surface area contributed by atoms with Gasteiger partial charge < -0.3 is 34.1 Å². The summed E-state index contributed by atoms with van der Waals surface area (Å²) >= 11 is 0. The molecule has 2 aromatic carbocycles. The Hall–Kier alpha value is -3.98. The van der Waals surface area contributed by atoms with Crippen molar-refractivity contribution >= 4 is 11.8 Å². The number of amides is 2. The first kappa shape index (κ1) is 24.2. The zero-order valence-electron chi connectivity index (χ0n) is 20.0. The first-order chi connectivity index (χ1) is 16.7. The molecule has 2 heterocycles. The molecule has 9 nitrogen and oxygen atoms in total. The highest BCUT2D eigenvalue weighted by Crippen LogP contribution is 2.33. The molecule has 0 bridgehead atoms. The number of phenols is 2. The highest BCUT2D eigenvalue weighted by molar-refractivity contribution is 6.03. The summed E-state index contributed by atoms with van der Waals surface area (Å²) in [6.07, 6.45) is 1.51. The van der Waals surface area contributed by atoms with Gasteiger partial charge in [-0.1, -0.05) is 6.07 Å². The quantitative estimate of drug-likeness (QED) is 0.511. The van der Waals surface area contributed by atoms with Crippen LogP contribution in [-0.4, -0.2) is 71.0 Å². The van der Waals surface area contributed by atoms with E-state index in [0.29, 0.717) is 25.5 Å². The number of benzene rings is 2. The summed E-state index contributed by atoms with van der Waals surface area (Å²) < 4.78 is 11.1. The number of carbonyl (C=O) groups excluding carboxylic acids is 2. The number of phenolic OH excluding ortho intramolecular Hbond substituents is 2. The van der Waals surface area contributed by atoms with E-state index >= 15 is 0 Å². The fourth-order valence-electron chi connectivity index (χ4n) is 3.95. The average Bonchev–Trinajstić information content (AvgIpc) is 3.47. The molecule has 9 heteroatoms. The first-order valence-corrected chi connectivity index (χ1v) is 11.3. The van der Waals surface area contributed by atoms with Gasteiger partial charge in [-0.25, -0.2) is 0 Å². The van der Waals surface area contributed by atoms with E-state index in [1.165, 1.54) is 17.2 Å². The largest absolute Gasteiger partial charge is 0.507 e. The maximum absolute atomic E-state index is 13.3. The molecular weight excluding hydrogens is 450 g/mol. The molecule has 184 valence electrons. The molecule has 1 aliphatic heterocycles. The van der Waals surface area contributed by atoms with Crippen LogP contribution >= 0.6 is 0 Å². The molecule has 2 N–H and O–H groups in total. The lowest BCUT2D eigenvalue weighted by atomic mass is 10.1. The molecule has 3 aromatic rings. The van der Waals surface area contributed by atoms with Gasteiger partial charge in [0.15, 0.2) is 0 Å². The molecule has 0 saturated carbocycles. The van der Waals surface area contributed by atoms with Crippen molar-refractivity contribution in [1.82, 2.24) is 14.7 Å². The van der Waals surface area contributed by atoms with Gasteiger partial charge in [0.2, 0.25) is 0 Å². The van der Waals surface area contributed by atoms with Crippen LogP contribution in [0.25, 0.3) is 0 Å². The van der Waals surface area contributed by atoms with Gasteiger partial charge in [-0.15, -0.1) is 0 Å². The standard InChI is InChI=1S/C26H29N3O6/c1-27(2)8-10-35-19-7-6-17-14-29(15-18(17)11-19)26(33)22-12-21(23(30)13-24(22)31)25(32)28(3)16-20-5-4-9-34-20/h4-7,9,11-13,30-31H,8,10,14-16H2,1-3H3. The number of furan rings is 1. The molecule has 4 rings (SSSR count). The molecule has 2 amide bonds. The minimum atomic E-state index is -0.503. The molecule has 0 unspecified atom stereocenters. The van der Waals surface area contributed by atoms with Crippen LogP contribution < -0.4 is 4.74 Å². The number of likely N-dealkylation sites (N-methyl/N-ethyl adjacent to an activating group) is 1. The zero-order chi connectivity index (χ0) is 25.1. The second kappa shape index (κ2) is 10.1. The van der Waals surface area contributed by atoms with E-state index in [-0.39, 0.29) is 23.4 Å². The summed E-state index contributed by atoms with van der Waals surface area (Å²) in [5.74, 6) is -0.412. The highest BCUT2D eigenvalue weighted by atomic mass is 16.5. The third kappa shape index (κ3) is 5.41. The summed E-state index contributed by atoms with van der Waals surface area (Å²) in [5.41, 5.74) is 1.83. The maximum atomic E-state index is 13.3. The Morgan fingerprint density at radius 2 is 1.74 bits per heavy atom. The lowest BCUT2D eigenvalue weighted by molar-refractivity contribution is 0.0748. The Labute approximate surface area is 203 Å². The monoisotopic (exact) mass is 479 g/mol. The summed E-state index contributed by atoms with van der Waals surface area (Å²) in [6, 6.07) is 11.5. The van der Waals surface area contributed by atoms with E-state index < -0.39 is 17.6 Å². The number of carbonyl (C=O) groups is 2. The van der Waals surface area contributed by atoms with Crippen molar-refractivity contribution in [3.05, 3.63) is 76.7 Å². The van der Waals surface area contributed by atoms with Crippen molar-refractivity contribution in [3.63, 3.8) is 0 Å². The maximum Gasteiger partial charge on any atom is 0.258 e. The van der Waals surface area contributed by atoms with Crippen LogP contribution in [0.4, 0.5) is 0 Å². The molecule has 1 aromatic heterocycles. The smallest absolute Gasteiger partial charge is 0.258 e. The number of ether oxygens (including phenoxy) is 1. The van der Waals surface area contributed by atoms with Gasteiger partial charge >= 0.3 is 0 Å². The van der Waals surface area contributed by atoms with Crippen molar-refractivity contribution < 1.29 is 29.0 Å². The number of hydrogen-bond donors (Lipinski definition) is 2. The van der Waals surface area contributed by atoms with Crippen molar-refractivity contribution in [2.24, 2.45) is 0 Å². The van der Waals surface area contributed by atoms with Gasteiger partial charge in [0.1, 0.15) is 29.6 Å². The number of fused-ring (bicyclic) bond motifs is 1. The SMILES string of the molecule is CN(C)CCOc1ccc2c(c1)CN(C(=O)c1cc(C(=O)N(C)Cc3ccco3)c(O)cc1O)C2. The van der Waals surface area contributed by atoms with Crippen LogP contribution in [-0.2, 0) is 19.6 Å². The summed E-state index contributed by atoms with van der Waals surface area (Å²) in [4.78, 5) is 31.2. The summed E-state index contributed by atoms with van der Waals surface area (Å²) in [6.45, 7) is 2.26. The van der Waals surface area contributed by atoms with Gasteiger partial charge in [-0.05, 0) is 55.6 Å². The molecule has 0 fully saturated rings. The predicted octanol–water partition coefficient (Wildman–Crippen LogP) is 3.06. The Morgan fingerprint density at radius 3 is 2.46 bits per heavy atom. The van der Waals surface area contributed by atoms with Crippen molar-refractivity contribution in [2.45, 2.75) is 19.6 Å². The number of rotatable bonds is 8. The molecule has 0 radical (unpaired) electrons. The van der Waals surface area contributed by atoms with Gasteiger partial charge in [0.25, 0.3) is 11.8 Å². The molecule has 35 heavy (non-hydrogen) atoms. The average molecular weight is 480 g/mol. The number of nitrogens with zero attached hydrogens (tertiary/aromatic N) is 3. The number of hydrogen-bond acceptors (Lipinski definition) is 7. The second-order valence-electron chi connectivity index (χ2n) is 8.87. The third-order valence-corrected chi connectivity index (χ3v) is 5.89. The van der Waals surface area contributed by atoms with E-state index in [0.717, 1.165) is 29.5 Å². The molecule has 0 spiro atoms. The lowest BCUT2D eigenvalue weighted by Crippen LogP contribution is -2.28. The van der Waals surface area contributed by atoms with Crippen LogP contribution in [0.1, 0.15) is 37.6 Å². The Morgan fingerprint density at radius 1 is 1.00 bits per heavy atom. The Bertz CT molecular complexity index is 1220. The minimum Gasteiger partial charge on any atom is -0.507 e. The first-order valence-electron chi connectivity index (χ1n) is 11.3. The van der Waals surface area contributed by atoms with E-state index in [4.69, 9.17) is 9.15 Å². The van der Waals surface area contributed by atoms with Crippen LogP contribution in [0, 0.1) is 0 Å². The molecular formula is C26H29N3O6. The number of aromatic hydroxyl groups is 2. The fourth-order valence-corrected chi connectivity index (χ4v) is 3.95. The topological polar surface area (TPSA) is 107 Å². The molecule has 0 atom stereocenters. The molecule has 0 saturated heterocycles. The van der Waals surface area contributed by atoms with E-state index in [1.54, 1.807) is 24.1 Å². The molecule has 1 aliphatic rings. The summed E-state index contributed by atoms with van der Waals surface area (Å²) in [7, 11) is 5.52. The fraction of sp³-hybridized carbons (Fsp3) is 0.308. The van der Waals surface area contributed by atoms with Crippen molar-refractivity contribution in [2.75, 3.05) is 34.3 Å². The van der Waals surface area contributed by atoms with E-state index in [2.05, 4.69) is 0 Å². The normalized spacial score (nSPS) is 12.6. The Balaban J connectivity index is 1.49. The zero-order valence-corrected chi connectivity index (χ0v) is 20.0. The Kier molecular flexibility index (Phi) is 6.97. The van der Waals surface area contributed by atoms with Gasteiger partial charge in [-0.2, -0.15) is 0 Å². The lowest BCUT2D eigenvalue weighted by Gasteiger charge is -2.19. The van der Waals surface area contributed by atoms with Crippen molar-refractivity contribution in [3.8, 4) is 17.2 Å². The van der Waals surface area contributed by atoms with E-state index in [9.17, 15) is 19.8 Å². The van der Waals surface area contributed by atoms with Crippen LogP contribution in [0.2, 0.25) is 0 Å². The van der Waals surface area contributed by atoms with E-state index in [1.807, 2.05) is 37.2 Å². The molecule has 0 aliphatic carbocycles. The van der Waals surface area contributed by atoms with Gasteiger partial charge in [-0.3, -0.25) is 9.59 Å². The third-order valence-electron chi connectivity index (χ3n) is 5.89. The minimum absolute atomic E-state index is 0.0483. The van der Waals surface area contributed by atoms with Gasteiger partial charge in [0.05, 0.1) is 23.9 Å². The van der Waals surface area contributed by atoms with Crippen molar-refractivity contribution in [1.29, 1.82) is 0 Å². The van der Waals surface area contributed by atoms with Crippen LogP contribution in [0.15, 0.2) is 53.1 Å². The summed E-state index contributed by atoms with van der Waals surface area (Å²) in [5, 5.41) is 20.7. The highest BCUT2D eigenvalue weighted by Gasteiger charge is 2.29. The van der Waals surface area contributed by atoms with Crippen LogP contribution in [0.3, 0.4) is 0 Å². The predicted molar refractivity (Wildman–Crippen MR) is 128 cm³/mol. The van der Waals surface area contributed by atoms with Crippen LogP contribution in [0.5, 0.6) is 17.2 Å². The van der Waals surface area contributed by atoms with Gasteiger partial charge in [0, 0.05) is 32.7 Å².